The quantitative estimate of drug-likeness (QED) is 0.314. The summed E-state index contributed by atoms with van der Waals surface area (Å²) in [6.45, 7) is 1.92. The minimum Gasteiger partial charge on any atom is -0.494 e. The number of ether oxygens (including phenoxy) is 1. The molecule has 0 amide bonds. The summed E-state index contributed by atoms with van der Waals surface area (Å²) in [5, 5.41) is 17.0. The topological polar surface area (TPSA) is 97.5 Å². The third-order valence-electron chi connectivity index (χ3n) is 7.78. The summed E-state index contributed by atoms with van der Waals surface area (Å²) >= 11 is 0. The first kappa shape index (κ1) is 24.3. The molecule has 2 N–H and O–H groups in total. The van der Waals surface area contributed by atoms with Crippen molar-refractivity contribution in [1.29, 1.82) is 0 Å². The van der Waals surface area contributed by atoms with Gasteiger partial charge in [0.05, 0.1) is 13.0 Å². The lowest BCUT2D eigenvalue weighted by Crippen LogP contribution is -2.45. The highest BCUT2D eigenvalue weighted by atomic mass is 19.1. The molecule has 0 spiro atoms. The van der Waals surface area contributed by atoms with Gasteiger partial charge in [0.15, 0.2) is 11.6 Å². The second-order valence-electron chi connectivity index (χ2n) is 10.1. The number of aryl methyl sites for hydroxylation is 2. The van der Waals surface area contributed by atoms with Crippen molar-refractivity contribution in [2.24, 2.45) is 5.92 Å². The van der Waals surface area contributed by atoms with Gasteiger partial charge in [-0.05, 0) is 79.1 Å². The average Bonchev–Trinajstić information content (AvgIpc) is 3.53. The van der Waals surface area contributed by atoms with E-state index in [1.807, 2.05) is 31.2 Å². The Morgan fingerprint density at radius 2 is 1.92 bits per heavy atom. The van der Waals surface area contributed by atoms with Gasteiger partial charge in [-0.25, -0.2) is 4.39 Å². The molecule has 3 aromatic carbocycles. The number of benzene rings is 3. The maximum atomic E-state index is 14.8. The maximum absolute atomic E-state index is 14.8. The smallest absolute Gasteiger partial charge is 0.306 e. The molecule has 1 atom stereocenters. The fraction of sp³-hybridized carbons (Fsp3) is 0.300. The number of hydrogen-bond donors (Lipinski definition) is 2. The zero-order chi connectivity index (χ0) is 26.4. The van der Waals surface area contributed by atoms with E-state index in [0.29, 0.717) is 30.1 Å². The van der Waals surface area contributed by atoms with Crippen LogP contribution in [0.5, 0.6) is 5.75 Å². The zero-order valence-corrected chi connectivity index (χ0v) is 21.2. The molecule has 38 heavy (non-hydrogen) atoms. The minimum absolute atomic E-state index is 0.207. The largest absolute Gasteiger partial charge is 0.494 e. The van der Waals surface area contributed by atoms with Crippen molar-refractivity contribution in [2.75, 3.05) is 7.11 Å². The summed E-state index contributed by atoms with van der Waals surface area (Å²) in [5.41, 5.74) is 6.29. The molecule has 1 fully saturated rings. The Hall–Kier alpha value is -4.04. The molecular formula is C30H28FN3O4. The van der Waals surface area contributed by atoms with Crippen molar-refractivity contribution < 1.29 is 23.6 Å². The lowest BCUT2D eigenvalue weighted by Gasteiger charge is -2.35. The first-order valence-corrected chi connectivity index (χ1v) is 12.8. The molecule has 4 aromatic rings. The molecule has 1 saturated carbocycles. The van der Waals surface area contributed by atoms with Crippen LogP contribution in [0.2, 0.25) is 0 Å². The Kier molecular flexibility index (Phi) is 6.19. The fourth-order valence-corrected chi connectivity index (χ4v) is 5.60. The van der Waals surface area contributed by atoms with E-state index >= 15 is 0 Å². The molecular weight excluding hydrogens is 485 g/mol. The lowest BCUT2D eigenvalue weighted by atomic mass is 9.80. The van der Waals surface area contributed by atoms with E-state index in [4.69, 9.17) is 14.4 Å². The average molecular weight is 514 g/mol. The van der Waals surface area contributed by atoms with Gasteiger partial charge < -0.3 is 19.7 Å². The highest BCUT2D eigenvalue weighted by Crippen LogP contribution is 2.38. The van der Waals surface area contributed by atoms with E-state index in [2.05, 4.69) is 27.6 Å². The summed E-state index contributed by atoms with van der Waals surface area (Å²) in [6, 6.07) is 17.5. The number of fused-ring (bicyclic) bond motifs is 1. The Morgan fingerprint density at radius 3 is 2.68 bits per heavy atom. The summed E-state index contributed by atoms with van der Waals surface area (Å²) in [5.74, 6) is -0.181. The molecule has 1 aromatic heterocycles. The van der Waals surface area contributed by atoms with Crippen LogP contribution in [-0.2, 0) is 11.2 Å². The standard InChI is InChI=1S/C30H28FN3O4/c1-16-12-19(7-9-22(16)24-4-3-5-26(37-2)27(24)31)29-33-28(34-38-29)18-6-10-23-17(13-18)8-11-25(23)32-21-14-20(15-21)30(35)36/h3-7,9-10,12-13,20-21,25,32H,8,11,14-15H2,1-2H3,(H,35,36). The lowest BCUT2D eigenvalue weighted by molar-refractivity contribution is -0.145. The number of aliphatic carboxylic acids is 1. The second-order valence-corrected chi connectivity index (χ2v) is 10.1. The summed E-state index contributed by atoms with van der Waals surface area (Å²) in [6.07, 6.45) is 3.33. The van der Waals surface area contributed by atoms with Gasteiger partial charge in [-0.15, -0.1) is 0 Å². The number of carbonyl (C=O) groups is 1. The van der Waals surface area contributed by atoms with Gasteiger partial charge >= 0.3 is 5.97 Å². The van der Waals surface area contributed by atoms with Crippen LogP contribution in [-0.4, -0.2) is 34.4 Å². The molecule has 6 rings (SSSR count). The molecule has 0 aliphatic heterocycles. The number of nitrogens with one attached hydrogen (secondary N) is 1. The van der Waals surface area contributed by atoms with Gasteiger partial charge in [-0.3, -0.25) is 4.79 Å². The second kappa shape index (κ2) is 9.68. The number of methoxy groups -OCH3 is 1. The van der Waals surface area contributed by atoms with Crippen LogP contribution in [0, 0.1) is 18.7 Å². The van der Waals surface area contributed by atoms with Crippen LogP contribution in [0.3, 0.4) is 0 Å². The van der Waals surface area contributed by atoms with Crippen LogP contribution in [0.4, 0.5) is 4.39 Å². The van der Waals surface area contributed by atoms with Crippen molar-refractivity contribution in [3.63, 3.8) is 0 Å². The molecule has 7 nitrogen and oxygen atoms in total. The number of carboxylic acids is 1. The van der Waals surface area contributed by atoms with Crippen molar-refractivity contribution in [3.05, 3.63) is 77.1 Å². The Morgan fingerprint density at radius 1 is 1.11 bits per heavy atom. The van der Waals surface area contributed by atoms with Crippen LogP contribution in [0.1, 0.15) is 42.0 Å². The molecule has 1 heterocycles. The molecule has 0 bridgehead atoms. The highest BCUT2D eigenvalue weighted by Gasteiger charge is 2.36. The predicted octanol–water partition coefficient (Wildman–Crippen LogP) is 5.97. The third kappa shape index (κ3) is 4.35. The molecule has 194 valence electrons. The molecule has 1 unspecified atom stereocenters. The number of hydrogen-bond acceptors (Lipinski definition) is 6. The van der Waals surface area contributed by atoms with Gasteiger partial charge in [0.2, 0.25) is 5.82 Å². The Balaban J connectivity index is 1.19. The highest BCUT2D eigenvalue weighted by molar-refractivity contribution is 5.73. The summed E-state index contributed by atoms with van der Waals surface area (Å²) < 4.78 is 25.5. The van der Waals surface area contributed by atoms with Gasteiger partial charge in [0.1, 0.15) is 0 Å². The predicted molar refractivity (Wildman–Crippen MR) is 140 cm³/mol. The molecule has 2 aliphatic rings. The molecule has 0 saturated heterocycles. The SMILES string of the molecule is COc1cccc(-c2ccc(-c3nc(-c4ccc5c(c4)CCC5NC4CC(C(=O)O)C4)no3)cc2C)c1F. The van der Waals surface area contributed by atoms with Crippen LogP contribution >= 0.6 is 0 Å². The number of halogens is 1. The normalized spacial score (nSPS) is 20.1. The fourth-order valence-electron chi connectivity index (χ4n) is 5.60. The van der Waals surface area contributed by atoms with Gasteiger partial charge in [-0.1, -0.05) is 35.5 Å². The van der Waals surface area contributed by atoms with E-state index in [1.165, 1.54) is 18.2 Å². The van der Waals surface area contributed by atoms with E-state index < -0.39 is 11.8 Å². The molecule has 0 radical (unpaired) electrons. The summed E-state index contributed by atoms with van der Waals surface area (Å²) in [7, 11) is 1.45. The Bertz CT molecular complexity index is 1530. The summed E-state index contributed by atoms with van der Waals surface area (Å²) in [4.78, 5) is 15.7. The molecule has 2 aliphatic carbocycles. The zero-order valence-electron chi connectivity index (χ0n) is 21.2. The van der Waals surface area contributed by atoms with Crippen molar-refractivity contribution >= 4 is 5.97 Å². The number of carboxylic acid groups (broad SMARTS) is 1. The van der Waals surface area contributed by atoms with E-state index in [-0.39, 0.29) is 23.8 Å². The first-order valence-electron chi connectivity index (χ1n) is 12.8. The molecule has 8 heteroatoms. The van der Waals surface area contributed by atoms with Gasteiger partial charge in [-0.2, -0.15) is 4.98 Å². The van der Waals surface area contributed by atoms with Crippen molar-refractivity contribution in [2.45, 2.75) is 44.7 Å². The maximum Gasteiger partial charge on any atom is 0.306 e. The minimum atomic E-state index is -0.698. The van der Waals surface area contributed by atoms with Crippen LogP contribution < -0.4 is 10.1 Å². The monoisotopic (exact) mass is 513 g/mol. The number of rotatable bonds is 7. The van der Waals surface area contributed by atoms with Gasteiger partial charge in [0, 0.05) is 28.8 Å². The van der Waals surface area contributed by atoms with Crippen molar-refractivity contribution in [1.82, 2.24) is 15.5 Å². The number of nitrogens with zero attached hydrogens (tertiary/aromatic N) is 2. The van der Waals surface area contributed by atoms with Crippen LogP contribution in [0.25, 0.3) is 34.0 Å². The Labute approximate surface area is 219 Å². The number of aromatic nitrogens is 2. The van der Waals surface area contributed by atoms with Gasteiger partial charge in [0.25, 0.3) is 5.89 Å². The van der Waals surface area contributed by atoms with Crippen molar-refractivity contribution in [3.8, 4) is 39.7 Å². The van der Waals surface area contributed by atoms with E-state index in [9.17, 15) is 9.18 Å². The third-order valence-corrected chi connectivity index (χ3v) is 7.78. The van der Waals surface area contributed by atoms with E-state index in [0.717, 1.165) is 35.1 Å². The van der Waals surface area contributed by atoms with Crippen LogP contribution in [0.15, 0.2) is 59.1 Å². The first-order chi connectivity index (χ1) is 18.4. The van der Waals surface area contributed by atoms with E-state index in [1.54, 1.807) is 18.2 Å².